The van der Waals surface area contributed by atoms with E-state index in [9.17, 15) is 18.3 Å². The maximum atomic E-state index is 12.8. The number of aromatic nitrogens is 2. The number of rotatable bonds is 9. The molecule has 1 amide bonds. The van der Waals surface area contributed by atoms with E-state index in [4.69, 9.17) is 4.74 Å². The predicted molar refractivity (Wildman–Crippen MR) is 118 cm³/mol. The Labute approximate surface area is 180 Å². The smallest absolute Gasteiger partial charge is 0.272 e. The van der Waals surface area contributed by atoms with Gasteiger partial charge < -0.3 is 15.2 Å². The molecule has 0 radical (unpaired) electrons. The number of aliphatic hydroxyl groups excluding tert-OH is 1. The quantitative estimate of drug-likeness (QED) is 0.595. The van der Waals surface area contributed by atoms with E-state index >= 15 is 0 Å². The van der Waals surface area contributed by atoms with Crippen molar-refractivity contribution >= 4 is 27.5 Å². The molecule has 0 bridgehead atoms. The number of amides is 1. The van der Waals surface area contributed by atoms with Gasteiger partial charge in [-0.05, 0) is 55.2 Å². The number of ether oxygens (including phenoxy) is 1. The number of methoxy groups -OCH3 is 1. The van der Waals surface area contributed by atoms with Crippen molar-refractivity contribution in [3.05, 3.63) is 36.0 Å². The Morgan fingerprint density at radius 3 is 2.70 bits per heavy atom. The largest absolute Gasteiger partial charge is 0.497 e. The van der Waals surface area contributed by atoms with Crippen LogP contribution in [0, 0.1) is 0 Å². The van der Waals surface area contributed by atoms with E-state index in [1.54, 1.807) is 29.6 Å². The number of sulfone groups is 1. The zero-order chi connectivity index (χ0) is 21.7. The van der Waals surface area contributed by atoms with E-state index in [0.717, 1.165) is 11.3 Å². The third-order valence-corrected chi connectivity index (χ3v) is 7.53. The van der Waals surface area contributed by atoms with Gasteiger partial charge in [-0.2, -0.15) is 16.9 Å². The van der Waals surface area contributed by atoms with E-state index in [1.807, 2.05) is 30.5 Å². The molecule has 2 aromatic rings. The van der Waals surface area contributed by atoms with Gasteiger partial charge in [-0.25, -0.2) is 8.42 Å². The number of thioether (sulfide) groups is 1. The number of nitrogens with one attached hydrogen (secondary N) is 1. The SMILES string of the molecule is COc1ccc(-c2cc(C(=O)N[C@@H](CO)CCSC)nn2C2CCS(=O)(=O)C2)cc1. The Balaban J connectivity index is 1.92. The van der Waals surface area contributed by atoms with Gasteiger partial charge in [0.2, 0.25) is 0 Å². The van der Waals surface area contributed by atoms with Crippen molar-refractivity contribution in [1.29, 1.82) is 0 Å². The van der Waals surface area contributed by atoms with E-state index in [1.165, 1.54) is 0 Å². The van der Waals surface area contributed by atoms with E-state index in [2.05, 4.69) is 10.4 Å². The summed E-state index contributed by atoms with van der Waals surface area (Å²) in [6.45, 7) is -0.154. The number of hydrogen-bond donors (Lipinski definition) is 2. The van der Waals surface area contributed by atoms with Crippen LogP contribution in [0.3, 0.4) is 0 Å². The molecule has 2 N–H and O–H groups in total. The fourth-order valence-electron chi connectivity index (χ4n) is 3.46. The zero-order valence-corrected chi connectivity index (χ0v) is 18.7. The van der Waals surface area contributed by atoms with Crippen LogP contribution in [0.1, 0.15) is 29.4 Å². The molecule has 0 aliphatic carbocycles. The molecule has 0 saturated carbocycles. The molecular weight excluding hydrogens is 426 g/mol. The number of carbonyl (C=O) groups excluding carboxylic acids is 1. The number of benzene rings is 1. The Bertz CT molecular complexity index is 973. The topological polar surface area (TPSA) is 111 Å². The first-order valence-electron chi connectivity index (χ1n) is 9.72. The Hall–Kier alpha value is -2.04. The third-order valence-electron chi connectivity index (χ3n) is 5.13. The normalized spacial score (nSPS) is 18.8. The van der Waals surface area contributed by atoms with Gasteiger partial charge in [0, 0.05) is 5.56 Å². The van der Waals surface area contributed by atoms with E-state index < -0.39 is 9.84 Å². The van der Waals surface area contributed by atoms with Gasteiger partial charge in [0.1, 0.15) is 5.75 Å². The van der Waals surface area contributed by atoms with Crippen LogP contribution in [0.2, 0.25) is 0 Å². The molecule has 30 heavy (non-hydrogen) atoms. The maximum Gasteiger partial charge on any atom is 0.272 e. The van der Waals surface area contributed by atoms with E-state index in [0.29, 0.717) is 24.3 Å². The molecule has 10 heteroatoms. The highest BCUT2D eigenvalue weighted by Gasteiger charge is 2.32. The first-order chi connectivity index (χ1) is 14.4. The minimum absolute atomic E-state index is 0.00584. The molecule has 1 unspecified atom stereocenters. The van der Waals surface area contributed by atoms with Crippen LogP contribution in [0.5, 0.6) is 5.75 Å². The average molecular weight is 454 g/mol. The molecule has 2 atom stereocenters. The lowest BCUT2D eigenvalue weighted by molar-refractivity contribution is 0.0909. The lowest BCUT2D eigenvalue weighted by Gasteiger charge is -2.15. The van der Waals surface area contributed by atoms with Crippen molar-refractivity contribution in [1.82, 2.24) is 15.1 Å². The lowest BCUT2D eigenvalue weighted by atomic mass is 10.1. The fraction of sp³-hybridized carbons (Fsp3) is 0.500. The van der Waals surface area contributed by atoms with Gasteiger partial charge in [-0.3, -0.25) is 9.48 Å². The lowest BCUT2D eigenvalue weighted by Crippen LogP contribution is -2.38. The van der Waals surface area contributed by atoms with Crippen LogP contribution in [-0.4, -0.2) is 72.5 Å². The van der Waals surface area contributed by atoms with Crippen LogP contribution in [0.4, 0.5) is 0 Å². The molecule has 1 saturated heterocycles. The summed E-state index contributed by atoms with van der Waals surface area (Å²) >= 11 is 1.64. The molecule has 8 nitrogen and oxygen atoms in total. The number of carbonyl (C=O) groups is 1. The molecule has 2 heterocycles. The first kappa shape index (κ1) is 22.6. The van der Waals surface area contributed by atoms with Gasteiger partial charge in [0.25, 0.3) is 5.91 Å². The van der Waals surface area contributed by atoms with Gasteiger partial charge >= 0.3 is 0 Å². The highest BCUT2D eigenvalue weighted by Crippen LogP contribution is 2.31. The predicted octanol–water partition coefficient (Wildman–Crippen LogP) is 1.76. The Morgan fingerprint density at radius 2 is 2.13 bits per heavy atom. The summed E-state index contributed by atoms with van der Waals surface area (Å²) in [5, 5.41) is 16.8. The zero-order valence-electron chi connectivity index (χ0n) is 17.1. The second-order valence-corrected chi connectivity index (χ2v) is 10.5. The number of hydrogen-bond acceptors (Lipinski definition) is 7. The van der Waals surface area contributed by atoms with Crippen LogP contribution < -0.4 is 10.1 Å². The van der Waals surface area contributed by atoms with Crippen molar-refractivity contribution in [3.63, 3.8) is 0 Å². The van der Waals surface area contributed by atoms with E-state index in [-0.39, 0.29) is 41.8 Å². The second-order valence-electron chi connectivity index (χ2n) is 7.28. The van der Waals surface area contributed by atoms with Crippen molar-refractivity contribution in [2.24, 2.45) is 0 Å². The number of nitrogens with zero attached hydrogens (tertiary/aromatic N) is 2. The average Bonchev–Trinajstić information content (AvgIpc) is 3.34. The summed E-state index contributed by atoms with van der Waals surface area (Å²) in [4.78, 5) is 12.8. The summed E-state index contributed by atoms with van der Waals surface area (Å²) in [5.74, 6) is 1.25. The molecule has 0 spiro atoms. The van der Waals surface area contributed by atoms with Crippen LogP contribution in [0.25, 0.3) is 11.3 Å². The van der Waals surface area contributed by atoms with Gasteiger partial charge in [0.15, 0.2) is 15.5 Å². The van der Waals surface area contributed by atoms with Gasteiger partial charge in [-0.15, -0.1) is 0 Å². The highest BCUT2D eigenvalue weighted by molar-refractivity contribution is 7.98. The highest BCUT2D eigenvalue weighted by atomic mass is 32.2. The van der Waals surface area contributed by atoms with Gasteiger partial charge in [-0.1, -0.05) is 0 Å². The molecule has 1 aliphatic rings. The summed E-state index contributed by atoms with van der Waals surface area (Å²) in [7, 11) is -1.53. The van der Waals surface area contributed by atoms with Crippen LogP contribution in [-0.2, 0) is 9.84 Å². The molecule has 3 rings (SSSR count). The van der Waals surface area contributed by atoms with Crippen molar-refractivity contribution in [2.75, 3.05) is 37.2 Å². The Morgan fingerprint density at radius 1 is 1.40 bits per heavy atom. The summed E-state index contributed by atoms with van der Waals surface area (Å²) in [6.07, 6.45) is 3.08. The summed E-state index contributed by atoms with van der Waals surface area (Å²) in [5.41, 5.74) is 1.69. The van der Waals surface area contributed by atoms with Gasteiger partial charge in [0.05, 0.1) is 43.0 Å². The molecule has 1 aliphatic heterocycles. The summed E-state index contributed by atoms with van der Waals surface area (Å²) < 4.78 is 30.9. The third kappa shape index (κ3) is 5.35. The van der Waals surface area contributed by atoms with Crippen LogP contribution in [0.15, 0.2) is 30.3 Å². The molecule has 1 fully saturated rings. The maximum absolute atomic E-state index is 12.8. The number of aliphatic hydroxyl groups is 1. The Kier molecular flexibility index (Phi) is 7.43. The molecule has 1 aromatic carbocycles. The monoisotopic (exact) mass is 453 g/mol. The standard InChI is InChI=1S/C20H27N3O5S2/c1-28-17-5-3-14(4-6-17)19-11-18(20(25)21-15(12-24)7-9-29-2)22-23(19)16-8-10-30(26,27)13-16/h3-6,11,15-16,24H,7-10,12-13H2,1-2H3,(H,21,25)/t15-,16?/m1/s1. The van der Waals surface area contributed by atoms with Crippen molar-refractivity contribution < 1.29 is 23.1 Å². The van der Waals surface area contributed by atoms with Crippen molar-refractivity contribution in [2.45, 2.75) is 24.9 Å². The second kappa shape index (κ2) is 9.84. The minimum atomic E-state index is -3.11. The van der Waals surface area contributed by atoms with Crippen LogP contribution >= 0.6 is 11.8 Å². The molecule has 1 aromatic heterocycles. The molecule has 164 valence electrons. The first-order valence-corrected chi connectivity index (χ1v) is 12.9. The molecular formula is C20H27N3O5S2. The summed E-state index contributed by atoms with van der Waals surface area (Å²) in [6, 6.07) is 8.32. The minimum Gasteiger partial charge on any atom is -0.497 e. The fourth-order valence-corrected chi connectivity index (χ4v) is 5.67. The van der Waals surface area contributed by atoms with Crippen molar-refractivity contribution in [3.8, 4) is 17.0 Å².